The lowest BCUT2D eigenvalue weighted by Crippen LogP contribution is -2.34. The summed E-state index contributed by atoms with van der Waals surface area (Å²) in [5.41, 5.74) is 5.67. The molecule has 0 aliphatic rings. The van der Waals surface area contributed by atoms with Crippen molar-refractivity contribution in [3.63, 3.8) is 0 Å². The number of rotatable bonds is 6. The maximum Gasteiger partial charge on any atom is 0.257 e. The third-order valence-electron chi connectivity index (χ3n) is 5.18. The molecule has 4 aromatic rings. The smallest absolute Gasteiger partial charge is 0.257 e. The van der Waals surface area contributed by atoms with Gasteiger partial charge in [0.15, 0.2) is 10.7 Å². The molecule has 0 saturated carbocycles. The zero-order chi connectivity index (χ0) is 24.2. The fourth-order valence-electron chi connectivity index (χ4n) is 3.36. The van der Waals surface area contributed by atoms with Crippen LogP contribution >= 0.6 is 12.2 Å². The van der Waals surface area contributed by atoms with Gasteiger partial charge in [0.2, 0.25) is 5.89 Å². The molecule has 0 saturated heterocycles. The molecule has 0 radical (unpaired) electrons. The van der Waals surface area contributed by atoms with Crippen LogP contribution in [0.25, 0.3) is 22.6 Å². The molecule has 0 fully saturated rings. The number of hydrogen-bond acceptors (Lipinski definition) is 5. The summed E-state index contributed by atoms with van der Waals surface area (Å²) in [6, 6.07) is 18.8. The van der Waals surface area contributed by atoms with Gasteiger partial charge in [0.25, 0.3) is 5.91 Å². The number of thiocarbonyl (C=S) groups is 1. The van der Waals surface area contributed by atoms with Crippen molar-refractivity contribution >= 4 is 40.0 Å². The first kappa shape index (κ1) is 23.4. The van der Waals surface area contributed by atoms with Crippen molar-refractivity contribution in [1.29, 1.82) is 0 Å². The molecule has 34 heavy (non-hydrogen) atoms. The van der Waals surface area contributed by atoms with Crippen molar-refractivity contribution in [2.45, 2.75) is 27.7 Å². The van der Waals surface area contributed by atoms with E-state index < -0.39 is 0 Å². The fourth-order valence-corrected chi connectivity index (χ4v) is 3.57. The molecule has 1 amide bonds. The highest BCUT2D eigenvalue weighted by atomic mass is 32.1. The lowest BCUT2D eigenvalue weighted by atomic mass is 10.1. The number of ether oxygens (including phenoxy) is 1. The molecule has 7 heteroatoms. The van der Waals surface area contributed by atoms with E-state index in [4.69, 9.17) is 21.4 Å². The van der Waals surface area contributed by atoms with Gasteiger partial charge in [0, 0.05) is 16.8 Å². The number of aryl methyl sites for hydroxylation is 2. The first-order chi connectivity index (χ1) is 16.3. The standard InChI is InChI=1S/C27H27N3O3S/c1-16(2)15-32-21-7-5-6-19(13-21)25(31)30-27(34)29-23-14-20(10-9-18(23)4)26-28-22-11-8-17(3)12-24(22)33-26/h5-14,16H,15H2,1-4H3,(H2,29,30,31,34). The van der Waals surface area contributed by atoms with Gasteiger partial charge in [-0.15, -0.1) is 0 Å². The van der Waals surface area contributed by atoms with Crippen molar-refractivity contribution in [3.05, 3.63) is 77.4 Å². The second kappa shape index (κ2) is 10.1. The van der Waals surface area contributed by atoms with E-state index in [-0.39, 0.29) is 11.0 Å². The Balaban J connectivity index is 1.46. The molecule has 0 atom stereocenters. The van der Waals surface area contributed by atoms with Crippen LogP contribution in [0, 0.1) is 19.8 Å². The zero-order valence-corrected chi connectivity index (χ0v) is 20.5. The molecule has 174 valence electrons. The van der Waals surface area contributed by atoms with Crippen molar-refractivity contribution < 1.29 is 13.9 Å². The number of carbonyl (C=O) groups excluding carboxylic acids is 1. The highest BCUT2D eigenvalue weighted by Crippen LogP contribution is 2.28. The molecule has 0 aliphatic carbocycles. The highest BCUT2D eigenvalue weighted by Gasteiger charge is 2.13. The van der Waals surface area contributed by atoms with Gasteiger partial charge < -0.3 is 14.5 Å². The van der Waals surface area contributed by atoms with Crippen LogP contribution in [0.5, 0.6) is 5.75 Å². The second-order valence-corrected chi connectivity index (χ2v) is 9.07. The van der Waals surface area contributed by atoms with Gasteiger partial charge in [-0.3, -0.25) is 10.1 Å². The lowest BCUT2D eigenvalue weighted by molar-refractivity contribution is 0.0977. The number of fused-ring (bicyclic) bond motifs is 1. The molecule has 0 bridgehead atoms. The van der Waals surface area contributed by atoms with Crippen LogP contribution in [0.4, 0.5) is 5.69 Å². The molecule has 0 aliphatic heterocycles. The quantitative estimate of drug-likeness (QED) is 0.321. The Hall–Kier alpha value is -3.71. The monoisotopic (exact) mass is 473 g/mol. The maximum absolute atomic E-state index is 12.7. The predicted molar refractivity (Wildman–Crippen MR) is 139 cm³/mol. The third-order valence-corrected chi connectivity index (χ3v) is 5.39. The van der Waals surface area contributed by atoms with E-state index in [1.165, 1.54) is 0 Å². The van der Waals surface area contributed by atoms with E-state index in [9.17, 15) is 4.79 Å². The first-order valence-corrected chi connectivity index (χ1v) is 11.5. The van der Waals surface area contributed by atoms with E-state index in [2.05, 4.69) is 29.5 Å². The summed E-state index contributed by atoms with van der Waals surface area (Å²) in [4.78, 5) is 17.3. The molecular formula is C27H27N3O3S. The minimum Gasteiger partial charge on any atom is -0.493 e. The largest absolute Gasteiger partial charge is 0.493 e. The topological polar surface area (TPSA) is 76.4 Å². The predicted octanol–water partition coefficient (Wildman–Crippen LogP) is 6.27. The van der Waals surface area contributed by atoms with Crippen LogP contribution in [0.15, 0.2) is 65.1 Å². The number of oxazole rings is 1. The van der Waals surface area contributed by atoms with Crippen LogP contribution < -0.4 is 15.4 Å². The van der Waals surface area contributed by atoms with E-state index in [1.807, 2.05) is 56.3 Å². The molecule has 4 rings (SSSR count). The Morgan fingerprint density at radius 1 is 1.09 bits per heavy atom. The number of anilines is 1. The summed E-state index contributed by atoms with van der Waals surface area (Å²) in [6.45, 7) is 8.70. The lowest BCUT2D eigenvalue weighted by Gasteiger charge is -2.13. The summed E-state index contributed by atoms with van der Waals surface area (Å²) in [7, 11) is 0. The number of nitrogens with zero attached hydrogens (tertiary/aromatic N) is 1. The summed E-state index contributed by atoms with van der Waals surface area (Å²) >= 11 is 5.40. The number of aromatic nitrogens is 1. The number of hydrogen-bond donors (Lipinski definition) is 2. The minimum atomic E-state index is -0.310. The second-order valence-electron chi connectivity index (χ2n) is 8.66. The van der Waals surface area contributed by atoms with E-state index in [0.29, 0.717) is 29.7 Å². The van der Waals surface area contributed by atoms with Gasteiger partial charge in [0.1, 0.15) is 11.3 Å². The molecule has 3 aromatic carbocycles. The van der Waals surface area contributed by atoms with Crippen LogP contribution in [-0.2, 0) is 0 Å². The van der Waals surface area contributed by atoms with Crippen LogP contribution in [0.1, 0.15) is 35.3 Å². The van der Waals surface area contributed by atoms with E-state index in [1.54, 1.807) is 18.2 Å². The van der Waals surface area contributed by atoms with Crippen molar-refractivity contribution in [2.24, 2.45) is 5.92 Å². The summed E-state index contributed by atoms with van der Waals surface area (Å²) in [5.74, 6) is 1.26. The van der Waals surface area contributed by atoms with E-state index >= 15 is 0 Å². The van der Waals surface area contributed by atoms with Crippen LogP contribution in [0.2, 0.25) is 0 Å². The number of nitrogens with one attached hydrogen (secondary N) is 2. The van der Waals surface area contributed by atoms with Gasteiger partial charge in [-0.1, -0.05) is 32.0 Å². The normalized spacial score (nSPS) is 11.0. The first-order valence-electron chi connectivity index (χ1n) is 11.1. The third kappa shape index (κ3) is 5.61. The van der Waals surface area contributed by atoms with Crippen LogP contribution in [0.3, 0.4) is 0 Å². The van der Waals surface area contributed by atoms with Crippen molar-refractivity contribution in [2.75, 3.05) is 11.9 Å². The number of carbonyl (C=O) groups is 1. The Morgan fingerprint density at radius 2 is 1.91 bits per heavy atom. The summed E-state index contributed by atoms with van der Waals surface area (Å²) < 4.78 is 11.7. The number of amides is 1. The molecule has 1 aromatic heterocycles. The Morgan fingerprint density at radius 3 is 2.71 bits per heavy atom. The minimum absolute atomic E-state index is 0.201. The molecule has 2 N–H and O–H groups in total. The van der Waals surface area contributed by atoms with Gasteiger partial charge in [-0.05, 0) is 85.6 Å². The van der Waals surface area contributed by atoms with Crippen LogP contribution in [-0.4, -0.2) is 22.6 Å². The SMILES string of the molecule is Cc1ccc2nc(-c3ccc(C)c(NC(=S)NC(=O)c4cccc(OCC(C)C)c4)c3)oc2c1. The molecule has 0 unspecified atom stereocenters. The fraction of sp³-hybridized carbons (Fsp3) is 0.222. The van der Waals surface area contributed by atoms with E-state index in [0.717, 1.165) is 33.5 Å². The zero-order valence-electron chi connectivity index (χ0n) is 19.6. The van der Waals surface area contributed by atoms with Gasteiger partial charge in [-0.2, -0.15) is 0 Å². The Bertz CT molecular complexity index is 1360. The van der Waals surface area contributed by atoms with Crippen molar-refractivity contribution in [3.8, 4) is 17.2 Å². The summed E-state index contributed by atoms with van der Waals surface area (Å²) in [5, 5.41) is 6.06. The average Bonchev–Trinajstić information content (AvgIpc) is 3.22. The van der Waals surface area contributed by atoms with Gasteiger partial charge in [-0.25, -0.2) is 4.98 Å². The van der Waals surface area contributed by atoms with Crippen molar-refractivity contribution in [1.82, 2.24) is 10.3 Å². The van der Waals surface area contributed by atoms with Gasteiger partial charge >= 0.3 is 0 Å². The molecule has 1 heterocycles. The van der Waals surface area contributed by atoms with Gasteiger partial charge in [0.05, 0.1) is 6.61 Å². The number of benzene rings is 3. The Labute approximate surface area is 204 Å². The molecule has 0 spiro atoms. The highest BCUT2D eigenvalue weighted by molar-refractivity contribution is 7.80. The summed E-state index contributed by atoms with van der Waals surface area (Å²) in [6.07, 6.45) is 0. The maximum atomic E-state index is 12.7. The molecule has 6 nitrogen and oxygen atoms in total. The Kier molecular flexibility index (Phi) is 6.93. The average molecular weight is 474 g/mol. The molecular weight excluding hydrogens is 446 g/mol.